The van der Waals surface area contributed by atoms with Crippen molar-refractivity contribution in [2.75, 3.05) is 0 Å². The first-order valence-corrected chi connectivity index (χ1v) is 6.83. The van der Waals surface area contributed by atoms with Gasteiger partial charge in [0.15, 0.2) is 0 Å². The molecule has 7 heteroatoms. The number of aromatic nitrogens is 2. The lowest BCUT2D eigenvalue weighted by atomic mass is 10.0. The molecule has 0 saturated heterocycles. The van der Waals surface area contributed by atoms with E-state index in [4.69, 9.17) is 17.3 Å². The van der Waals surface area contributed by atoms with E-state index >= 15 is 0 Å². The summed E-state index contributed by atoms with van der Waals surface area (Å²) < 4.78 is 39.7. The van der Waals surface area contributed by atoms with Crippen molar-refractivity contribution in [1.29, 1.82) is 0 Å². The molecule has 114 valence electrons. The van der Waals surface area contributed by atoms with E-state index < -0.39 is 17.8 Å². The van der Waals surface area contributed by atoms with E-state index in [0.717, 1.165) is 12.1 Å². The van der Waals surface area contributed by atoms with Gasteiger partial charge in [0.05, 0.1) is 28.5 Å². The van der Waals surface area contributed by atoms with Crippen molar-refractivity contribution < 1.29 is 13.2 Å². The number of hydrogen-bond acceptors (Lipinski definition) is 2. The maximum atomic E-state index is 12.7. The summed E-state index contributed by atoms with van der Waals surface area (Å²) >= 11 is 6.05. The van der Waals surface area contributed by atoms with Gasteiger partial charge in [-0.05, 0) is 25.0 Å². The fourth-order valence-corrected chi connectivity index (χ4v) is 2.50. The number of benzene rings is 1. The maximum absolute atomic E-state index is 12.7. The van der Waals surface area contributed by atoms with Crippen LogP contribution in [0.3, 0.4) is 0 Å². The number of aryl methyl sites for hydroxylation is 1. The Hall–Kier alpha value is -1.53. The summed E-state index contributed by atoms with van der Waals surface area (Å²) in [4.78, 5) is 0. The van der Waals surface area contributed by atoms with E-state index in [-0.39, 0.29) is 6.42 Å². The smallest absolute Gasteiger partial charge is 0.322 e. The van der Waals surface area contributed by atoms with Crippen LogP contribution >= 0.6 is 11.6 Å². The molecule has 0 saturated carbocycles. The van der Waals surface area contributed by atoms with E-state index in [2.05, 4.69) is 5.10 Å². The SMILES string of the molecule is CCn1ncc(Cl)c1C(N)Cc1cccc(C(F)(F)F)c1. The summed E-state index contributed by atoms with van der Waals surface area (Å²) in [7, 11) is 0. The molecule has 3 nitrogen and oxygen atoms in total. The molecule has 1 aromatic carbocycles. The second-order valence-electron chi connectivity index (χ2n) is 4.70. The molecule has 1 atom stereocenters. The molecule has 21 heavy (non-hydrogen) atoms. The monoisotopic (exact) mass is 317 g/mol. The zero-order valence-corrected chi connectivity index (χ0v) is 12.1. The summed E-state index contributed by atoms with van der Waals surface area (Å²) in [5, 5.41) is 4.51. The van der Waals surface area contributed by atoms with Crippen LogP contribution < -0.4 is 5.73 Å². The van der Waals surface area contributed by atoms with Gasteiger partial charge in [-0.3, -0.25) is 4.68 Å². The van der Waals surface area contributed by atoms with E-state index in [9.17, 15) is 13.2 Å². The quantitative estimate of drug-likeness (QED) is 0.931. The van der Waals surface area contributed by atoms with E-state index in [1.54, 1.807) is 10.7 Å². The second kappa shape index (κ2) is 6.07. The zero-order chi connectivity index (χ0) is 15.6. The van der Waals surface area contributed by atoms with Crippen LogP contribution in [0.2, 0.25) is 5.02 Å². The average molecular weight is 318 g/mol. The van der Waals surface area contributed by atoms with Crippen LogP contribution in [0.5, 0.6) is 0 Å². The van der Waals surface area contributed by atoms with Crippen LogP contribution in [0.4, 0.5) is 13.2 Å². The molecule has 0 spiro atoms. The highest BCUT2D eigenvalue weighted by atomic mass is 35.5. The second-order valence-corrected chi connectivity index (χ2v) is 5.11. The van der Waals surface area contributed by atoms with E-state index in [1.165, 1.54) is 12.3 Å². The number of hydrogen-bond donors (Lipinski definition) is 1. The van der Waals surface area contributed by atoms with Crippen molar-refractivity contribution in [1.82, 2.24) is 9.78 Å². The Morgan fingerprint density at radius 3 is 2.71 bits per heavy atom. The van der Waals surface area contributed by atoms with Crippen molar-refractivity contribution >= 4 is 11.6 Å². The van der Waals surface area contributed by atoms with Gasteiger partial charge in [0.2, 0.25) is 0 Å². The molecular weight excluding hydrogens is 303 g/mol. The molecular formula is C14H15ClF3N3. The van der Waals surface area contributed by atoms with Gasteiger partial charge in [-0.1, -0.05) is 29.8 Å². The van der Waals surface area contributed by atoms with Crippen LogP contribution in [0.25, 0.3) is 0 Å². The lowest BCUT2D eigenvalue weighted by Gasteiger charge is -2.15. The fraction of sp³-hybridized carbons (Fsp3) is 0.357. The van der Waals surface area contributed by atoms with Crippen molar-refractivity contribution in [3.8, 4) is 0 Å². The van der Waals surface area contributed by atoms with Crippen LogP contribution in [-0.4, -0.2) is 9.78 Å². The standard InChI is InChI=1S/C14H15ClF3N3/c1-2-21-13(11(15)8-20-21)12(19)7-9-4-3-5-10(6-9)14(16,17)18/h3-6,8,12H,2,7,19H2,1H3. The molecule has 1 heterocycles. The number of halogens is 4. The zero-order valence-electron chi connectivity index (χ0n) is 11.4. The van der Waals surface area contributed by atoms with E-state index in [0.29, 0.717) is 22.8 Å². The lowest BCUT2D eigenvalue weighted by Crippen LogP contribution is -2.19. The minimum absolute atomic E-state index is 0.259. The molecule has 0 radical (unpaired) electrons. The fourth-order valence-electron chi connectivity index (χ4n) is 2.22. The molecule has 0 aliphatic carbocycles. The van der Waals surface area contributed by atoms with Gasteiger partial charge in [-0.15, -0.1) is 0 Å². The summed E-state index contributed by atoms with van der Waals surface area (Å²) in [6.07, 6.45) is -2.61. The third-order valence-corrected chi connectivity index (χ3v) is 3.49. The van der Waals surface area contributed by atoms with Gasteiger partial charge in [0, 0.05) is 6.54 Å². The minimum Gasteiger partial charge on any atom is -0.322 e. The highest BCUT2D eigenvalue weighted by Crippen LogP contribution is 2.31. The molecule has 2 rings (SSSR count). The Bertz CT molecular complexity index is 622. The van der Waals surface area contributed by atoms with Crippen LogP contribution in [0, 0.1) is 0 Å². The Morgan fingerprint density at radius 1 is 1.38 bits per heavy atom. The summed E-state index contributed by atoms with van der Waals surface area (Å²) in [6, 6.07) is 4.64. The Kier molecular flexibility index (Phi) is 4.58. The first kappa shape index (κ1) is 15.9. The molecule has 0 aliphatic rings. The molecule has 0 bridgehead atoms. The third kappa shape index (κ3) is 3.57. The van der Waals surface area contributed by atoms with Crippen molar-refractivity contribution in [2.45, 2.75) is 32.1 Å². The molecule has 2 aromatic rings. The van der Waals surface area contributed by atoms with Crippen molar-refractivity contribution in [3.63, 3.8) is 0 Å². The van der Waals surface area contributed by atoms with Crippen LogP contribution in [0.15, 0.2) is 30.5 Å². The Balaban J connectivity index is 2.24. The lowest BCUT2D eigenvalue weighted by molar-refractivity contribution is -0.137. The highest BCUT2D eigenvalue weighted by molar-refractivity contribution is 6.31. The molecule has 1 unspecified atom stereocenters. The molecule has 0 fully saturated rings. The molecule has 0 aliphatic heterocycles. The van der Waals surface area contributed by atoms with E-state index in [1.807, 2.05) is 6.92 Å². The van der Waals surface area contributed by atoms with Crippen LogP contribution in [-0.2, 0) is 19.1 Å². The third-order valence-electron chi connectivity index (χ3n) is 3.19. The van der Waals surface area contributed by atoms with Gasteiger partial charge in [-0.25, -0.2) is 0 Å². The number of nitrogens with two attached hydrogens (primary N) is 1. The highest BCUT2D eigenvalue weighted by Gasteiger charge is 2.30. The van der Waals surface area contributed by atoms with Crippen molar-refractivity contribution in [2.24, 2.45) is 5.73 Å². The van der Waals surface area contributed by atoms with Gasteiger partial charge >= 0.3 is 6.18 Å². The van der Waals surface area contributed by atoms with Gasteiger partial charge in [0.25, 0.3) is 0 Å². The number of rotatable bonds is 4. The Morgan fingerprint density at radius 2 is 2.10 bits per heavy atom. The normalized spacial score (nSPS) is 13.4. The number of alkyl halides is 3. The maximum Gasteiger partial charge on any atom is 0.416 e. The van der Waals surface area contributed by atoms with Crippen LogP contribution in [0.1, 0.15) is 29.8 Å². The van der Waals surface area contributed by atoms with Crippen molar-refractivity contribution in [3.05, 3.63) is 52.3 Å². The largest absolute Gasteiger partial charge is 0.416 e. The summed E-state index contributed by atoms with van der Waals surface area (Å²) in [5.41, 5.74) is 6.55. The molecule has 1 aromatic heterocycles. The Labute approximate surface area is 125 Å². The first-order valence-electron chi connectivity index (χ1n) is 6.45. The predicted molar refractivity (Wildman–Crippen MR) is 75.0 cm³/mol. The topological polar surface area (TPSA) is 43.8 Å². The van der Waals surface area contributed by atoms with Gasteiger partial charge < -0.3 is 5.73 Å². The van der Waals surface area contributed by atoms with Gasteiger partial charge in [0.1, 0.15) is 0 Å². The molecule has 2 N–H and O–H groups in total. The predicted octanol–water partition coefficient (Wildman–Crippen LogP) is 3.82. The summed E-state index contributed by atoms with van der Waals surface area (Å²) in [6.45, 7) is 2.49. The summed E-state index contributed by atoms with van der Waals surface area (Å²) in [5.74, 6) is 0. The first-order chi connectivity index (χ1) is 9.82. The number of nitrogens with zero attached hydrogens (tertiary/aromatic N) is 2. The minimum atomic E-state index is -4.36. The molecule has 0 amide bonds. The van der Waals surface area contributed by atoms with Gasteiger partial charge in [-0.2, -0.15) is 18.3 Å². The average Bonchev–Trinajstić information content (AvgIpc) is 2.79.